The third-order valence-corrected chi connectivity index (χ3v) is 5.48. The maximum absolute atomic E-state index is 6.78. The van der Waals surface area contributed by atoms with Crippen LogP contribution in [0.3, 0.4) is 0 Å². The van der Waals surface area contributed by atoms with E-state index in [-0.39, 0.29) is 6.04 Å². The minimum atomic E-state index is -0.676. The molecule has 0 amide bonds. The molecule has 0 fully saturated rings. The van der Waals surface area contributed by atoms with E-state index in [9.17, 15) is 0 Å². The third kappa shape index (κ3) is 5.35. The molecule has 0 radical (unpaired) electrons. The topological polar surface area (TPSA) is 35.2 Å². The van der Waals surface area contributed by atoms with Gasteiger partial charge in [-0.3, -0.25) is 0 Å². The van der Waals surface area contributed by atoms with Crippen LogP contribution in [-0.4, -0.2) is 12.6 Å². The lowest BCUT2D eigenvalue weighted by Crippen LogP contribution is -2.38. The van der Waals surface area contributed by atoms with Crippen molar-refractivity contribution in [3.63, 3.8) is 0 Å². The van der Waals surface area contributed by atoms with Crippen molar-refractivity contribution in [2.45, 2.75) is 50.7 Å². The van der Waals surface area contributed by atoms with Crippen molar-refractivity contribution >= 4 is 0 Å². The number of hydrogen-bond donors (Lipinski definition) is 1. The number of hydrogen-bond acceptors (Lipinski definition) is 2. The highest BCUT2D eigenvalue weighted by Gasteiger charge is 2.37. The van der Waals surface area contributed by atoms with Crippen LogP contribution in [0.25, 0.3) is 0 Å². The average Bonchev–Trinajstić information content (AvgIpc) is 2.79. The first-order valence-electron chi connectivity index (χ1n) is 10.8. The highest BCUT2D eigenvalue weighted by Crippen LogP contribution is 2.40. The van der Waals surface area contributed by atoms with Crippen molar-refractivity contribution in [2.75, 3.05) is 6.61 Å². The molecule has 0 saturated heterocycles. The van der Waals surface area contributed by atoms with Crippen LogP contribution in [0.2, 0.25) is 0 Å². The second-order valence-corrected chi connectivity index (χ2v) is 7.70. The first kappa shape index (κ1) is 21.3. The highest BCUT2D eigenvalue weighted by molar-refractivity contribution is 5.47. The van der Waals surface area contributed by atoms with E-state index in [2.05, 4.69) is 79.7 Å². The van der Waals surface area contributed by atoms with Gasteiger partial charge in [0.2, 0.25) is 0 Å². The normalized spacial score (nSPS) is 12.6. The van der Waals surface area contributed by atoms with E-state index in [1.54, 1.807) is 0 Å². The summed E-state index contributed by atoms with van der Waals surface area (Å²) in [4.78, 5) is 0. The van der Waals surface area contributed by atoms with Gasteiger partial charge < -0.3 is 10.5 Å². The summed E-state index contributed by atoms with van der Waals surface area (Å²) >= 11 is 0. The van der Waals surface area contributed by atoms with E-state index in [0.717, 1.165) is 29.5 Å². The van der Waals surface area contributed by atoms with Crippen molar-refractivity contribution in [1.82, 2.24) is 0 Å². The van der Waals surface area contributed by atoms with Gasteiger partial charge in [-0.15, -0.1) is 0 Å². The van der Waals surface area contributed by atoms with Crippen LogP contribution < -0.4 is 5.73 Å². The maximum atomic E-state index is 6.78. The van der Waals surface area contributed by atoms with Crippen LogP contribution in [0.4, 0.5) is 0 Å². The lowest BCUT2D eigenvalue weighted by Gasteiger charge is -2.36. The van der Waals surface area contributed by atoms with Crippen LogP contribution in [0, 0.1) is 0 Å². The van der Waals surface area contributed by atoms with Crippen molar-refractivity contribution in [2.24, 2.45) is 5.73 Å². The molecule has 0 aliphatic rings. The number of benzene rings is 3. The van der Waals surface area contributed by atoms with Gasteiger partial charge >= 0.3 is 0 Å². The number of nitrogens with two attached hydrogens (primary N) is 1. The van der Waals surface area contributed by atoms with Gasteiger partial charge in [0.1, 0.15) is 5.60 Å². The van der Waals surface area contributed by atoms with Crippen LogP contribution in [0.1, 0.15) is 55.7 Å². The fourth-order valence-electron chi connectivity index (χ4n) is 3.92. The first-order chi connectivity index (χ1) is 14.3. The quantitative estimate of drug-likeness (QED) is 0.310. The smallest absolute Gasteiger partial charge is 0.143 e. The monoisotopic (exact) mass is 387 g/mol. The minimum absolute atomic E-state index is 0.0300. The van der Waals surface area contributed by atoms with E-state index < -0.39 is 5.60 Å². The third-order valence-electron chi connectivity index (χ3n) is 5.48. The van der Waals surface area contributed by atoms with E-state index in [1.165, 1.54) is 19.3 Å². The van der Waals surface area contributed by atoms with Gasteiger partial charge in [-0.25, -0.2) is 0 Å². The molecule has 0 unspecified atom stereocenters. The Labute approximate surface area is 175 Å². The van der Waals surface area contributed by atoms with Gasteiger partial charge in [0.25, 0.3) is 0 Å². The Hall–Kier alpha value is -2.42. The summed E-state index contributed by atoms with van der Waals surface area (Å²) in [6.45, 7) is 2.75. The molecule has 0 saturated carbocycles. The molecule has 3 aromatic carbocycles. The van der Waals surface area contributed by atoms with Gasteiger partial charge in [0, 0.05) is 6.04 Å². The van der Waals surface area contributed by atoms with Crippen molar-refractivity contribution in [1.29, 1.82) is 0 Å². The Morgan fingerprint density at radius 2 is 1.14 bits per heavy atom. The summed E-state index contributed by atoms with van der Waals surface area (Å²) in [6, 6.07) is 31.5. The Balaban J connectivity index is 1.95. The van der Waals surface area contributed by atoms with Gasteiger partial charge in [0.05, 0.1) is 6.61 Å². The molecule has 2 nitrogen and oxygen atoms in total. The lowest BCUT2D eigenvalue weighted by atomic mass is 9.80. The molecule has 0 aromatic heterocycles. The predicted octanol–water partition coefficient (Wildman–Crippen LogP) is 6.29. The van der Waals surface area contributed by atoms with Crippen LogP contribution in [-0.2, 0) is 10.3 Å². The number of ether oxygens (including phenoxy) is 1. The van der Waals surface area contributed by atoms with Crippen molar-refractivity contribution in [3.05, 3.63) is 108 Å². The van der Waals surface area contributed by atoms with Crippen molar-refractivity contribution < 1.29 is 4.74 Å². The second-order valence-electron chi connectivity index (χ2n) is 7.70. The van der Waals surface area contributed by atoms with Crippen LogP contribution in [0.15, 0.2) is 91.0 Å². The molecule has 152 valence electrons. The molecule has 0 bridgehead atoms. The Morgan fingerprint density at radius 3 is 1.55 bits per heavy atom. The summed E-state index contributed by atoms with van der Waals surface area (Å²) < 4.78 is 6.78. The van der Waals surface area contributed by atoms with Crippen molar-refractivity contribution in [3.8, 4) is 0 Å². The van der Waals surface area contributed by atoms with E-state index in [4.69, 9.17) is 10.5 Å². The van der Waals surface area contributed by atoms with Gasteiger partial charge in [0.15, 0.2) is 0 Å². The number of unbranched alkanes of at least 4 members (excludes halogenated alkanes) is 3. The minimum Gasteiger partial charge on any atom is -0.359 e. The molecule has 0 aliphatic carbocycles. The standard InChI is InChI=1S/C27H33NO/c1-2-3-4-14-21-26(28)22-29-27(23-15-8-5-9-16-23,24-17-10-6-11-18-24)25-19-12-7-13-20-25/h5-13,15-20,26H,2-4,14,21-22,28H2,1H3/t26-/m0/s1. The molecule has 2 heteroatoms. The maximum Gasteiger partial charge on any atom is 0.143 e. The fourth-order valence-corrected chi connectivity index (χ4v) is 3.92. The molecule has 3 aromatic rings. The first-order valence-corrected chi connectivity index (χ1v) is 10.8. The highest BCUT2D eigenvalue weighted by atomic mass is 16.5. The lowest BCUT2D eigenvalue weighted by molar-refractivity contribution is 0.00383. The van der Waals surface area contributed by atoms with E-state index >= 15 is 0 Å². The molecule has 29 heavy (non-hydrogen) atoms. The SMILES string of the molecule is CCCCCC[C@H](N)COC(c1ccccc1)(c1ccccc1)c1ccccc1. The summed E-state index contributed by atoms with van der Waals surface area (Å²) in [5, 5.41) is 0. The largest absolute Gasteiger partial charge is 0.359 e. The van der Waals surface area contributed by atoms with Gasteiger partial charge in [-0.05, 0) is 23.1 Å². The second kappa shape index (κ2) is 10.9. The van der Waals surface area contributed by atoms with Crippen LogP contribution in [0.5, 0.6) is 0 Å². The Morgan fingerprint density at radius 1 is 0.690 bits per heavy atom. The fraction of sp³-hybridized carbons (Fsp3) is 0.333. The zero-order valence-corrected chi connectivity index (χ0v) is 17.5. The summed E-state index contributed by atoms with van der Waals surface area (Å²) in [5.41, 5.74) is 9.16. The summed E-state index contributed by atoms with van der Waals surface area (Å²) in [7, 11) is 0. The summed E-state index contributed by atoms with van der Waals surface area (Å²) in [6.07, 6.45) is 5.91. The predicted molar refractivity (Wildman–Crippen MR) is 122 cm³/mol. The molecule has 0 heterocycles. The van der Waals surface area contributed by atoms with Crippen LogP contribution >= 0.6 is 0 Å². The zero-order chi connectivity index (χ0) is 20.4. The zero-order valence-electron chi connectivity index (χ0n) is 17.5. The number of rotatable bonds is 11. The molecule has 1 atom stereocenters. The van der Waals surface area contributed by atoms with Gasteiger partial charge in [-0.1, -0.05) is 124 Å². The molecule has 2 N–H and O–H groups in total. The average molecular weight is 388 g/mol. The molecule has 3 rings (SSSR count). The Bertz CT molecular complexity index is 720. The Kier molecular flexibility index (Phi) is 8.03. The summed E-state index contributed by atoms with van der Waals surface area (Å²) in [5.74, 6) is 0. The molecular formula is C27H33NO. The van der Waals surface area contributed by atoms with E-state index in [0.29, 0.717) is 6.61 Å². The molecular weight excluding hydrogens is 354 g/mol. The molecule has 0 aliphatic heterocycles. The molecule has 0 spiro atoms. The van der Waals surface area contributed by atoms with Gasteiger partial charge in [-0.2, -0.15) is 0 Å². The van der Waals surface area contributed by atoms with E-state index in [1.807, 2.05) is 18.2 Å².